The van der Waals surface area contributed by atoms with Crippen molar-refractivity contribution in [2.24, 2.45) is 23.5 Å². The molecule has 1 heterocycles. The fourth-order valence-electron chi connectivity index (χ4n) is 9.33. The number of rotatable bonds is 33. The molecule has 0 bridgehead atoms. The average Bonchev–Trinajstić information content (AvgIpc) is 3.79. The largest absolute Gasteiger partial charge is 0.508 e. The highest BCUT2D eigenvalue weighted by molar-refractivity contribution is 5.90. The Bertz CT molecular complexity index is 1820. The summed E-state index contributed by atoms with van der Waals surface area (Å²) in [5.41, 5.74) is 6.12. The van der Waals surface area contributed by atoms with Gasteiger partial charge in [0.2, 0.25) is 29.5 Å². The summed E-state index contributed by atoms with van der Waals surface area (Å²) in [6.07, 6.45) is 2.90. The van der Waals surface area contributed by atoms with E-state index in [0.29, 0.717) is 89.4 Å². The lowest BCUT2D eigenvalue weighted by atomic mass is 9.89. The molecule has 1 aromatic rings. The maximum absolute atomic E-state index is 14.5. The van der Waals surface area contributed by atoms with Crippen molar-refractivity contribution >= 4 is 41.5 Å². The summed E-state index contributed by atoms with van der Waals surface area (Å²) in [4.78, 5) is 96.7. The highest BCUT2D eigenvalue weighted by Crippen LogP contribution is 2.30. The fourth-order valence-corrected chi connectivity index (χ4v) is 9.33. The van der Waals surface area contributed by atoms with Gasteiger partial charge in [0.15, 0.2) is 0 Å². The maximum Gasteiger partial charge on any atom is 0.326 e. The molecule has 0 saturated carbocycles. The summed E-state index contributed by atoms with van der Waals surface area (Å²) >= 11 is 0. The van der Waals surface area contributed by atoms with E-state index in [9.17, 15) is 48.9 Å². The molecular formula is C50H85N7O13. The molecule has 1 aliphatic heterocycles. The van der Waals surface area contributed by atoms with Crippen LogP contribution in [0.5, 0.6) is 5.75 Å². The monoisotopic (exact) mass is 992 g/mol. The number of benzene rings is 1. The summed E-state index contributed by atoms with van der Waals surface area (Å²) < 4.78 is 11.9. The van der Waals surface area contributed by atoms with Crippen LogP contribution in [0.2, 0.25) is 0 Å². The number of carbonyl (C=O) groups excluding carboxylic acids is 5. The number of hydrogen-bond acceptors (Lipinski definition) is 13. The molecule has 0 radical (unpaired) electrons. The number of methoxy groups -OCH3 is 2. The van der Waals surface area contributed by atoms with Gasteiger partial charge in [-0.1, -0.05) is 59.6 Å². The third kappa shape index (κ3) is 19.0. The van der Waals surface area contributed by atoms with Crippen molar-refractivity contribution in [1.82, 2.24) is 30.7 Å². The molecule has 0 aliphatic carbocycles. The summed E-state index contributed by atoms with van der Waals surface area (Å²) in [6, 6.07) is 0.813. The van der Waals surface area contributed by atoms with Gasteiger partial charge < -0.3 is 61.4 Å². The van der Waals surface area contributed by atoms with Crippen molar-refractivity contribution in [3.05, 3.63) is 29.8 Å². The molecule has 1 saturated heterocycles. The first-order chi connectivity index (χ1) is 33.0. The number of unbranched alkanes of at least 4 members (excludes halogenated alkanes) is 3. The minimum atomic E-state index is -1.25. The van der Waals surface area contributed by atoms with E-state index in [4.69, 9.17) is 20.3 Å². The molecule has 0 spiro atoms. The van der Waals surface area contributed by atoms with E-state index in [1.807, 2.05) is 27.7 Å². The number of amides is 5. The Hall–Kier alpha value is -4.89. The lowest BCUT2D eigenvalue weighted by molar-refractivity contribution is -0.148. The van der Waals surface area contributed by atoms with Crippen molar-refractivity contribution in [2.45, 2.75) is 173 Å². The second kappa shape index (κ2) is 30.8. The second-order valence-electron chi connectivity index (χ2n) is 19.4. The molecule has 1 unspecified atom stereocenters. The minimum absolute atomic E-state index is 0.0111. The van der Waals surface area contributed by atoms with Gasteiger partial charge in [0.25, 0.3) is 0 Å². The Kier molecular flexibility index (Phi) is 26.9. The van der Waals surface area contributed by atoms with Gasteiger partial charge in [-0.3, -0.25) is 33.7 Å². The second-order valence-corrected chi connectivity index (χ2v) is 19.4. The van der Waals surface area contributed by atoms with Gasteiger partial charge in [0, 0.05) is 47.2 Å². The number of nitrogens with two attached hydrogens (primary N) is 1. The number of phenols is 1. The van der Waals surface area contributed by atoms with E-state index < -0.39 is 84.2 Å². The summed E-state index contributed by atoms with van der Waals surface area (Å²) in [5.74, 6) is -5.42. The van der Waals surface area contributed by atoms with Gasteiger partial charge in [-0.05, 0) is 95.0 Å². The quantitative estimate of drug-likeness (QED) is 0.0470. The first kappa shape index (κ1) is 61.2. The lowest BCUT2D eigenvalue weighted by Gasteiger charge is -2.41. The lowest BCUT2D eigenvalue weighted by Crippen LogP contribution is -2.60. The number of carboxylic acid groups (broad SMARTS) is 2. The number of nitrogens with zero attached hydrogens (tertiary/aromatic N) is 3. The third-order valence-electron chi connectivity index (χ3n) is 13.7. The first-order valence-electron chi connectivity index (χ1n) is 24.9. The molecular weight excluding hydrogens is 907 g/mol. The SMILES string of the molecule is CC[C@H](C)[C@@H]([C@@H](CC(=O)N1CCC[C@H]1[C@H](OC)[C@@H](C)C(=O)N[C@@H](Cc1ccc(O)cc1)C(=O)O)OC)N(C)C(=O)[C@@H](NC(=O)[C@H](C(C)O)N(C)CCCCCC(=O)NCCCC[C@H](N)C(=O)O)C(C)C. The predicted octanol–water partition coefficient (Wildman–Crippen LogP) is 2.51. The zero-order valence-electron chi connectivity index (χ0n) is 43.2. The number of aromatic hydroxyl groups is 1. The van der Waals surface area contributed by atoms with Crippen LogP contribution in [0.4, 0.5) is 0 Å². The number of hydrogen-bond donors (Lipinski definition) is 8. The Labute approximate surface area is 414 Å². The van der Waals surface area contributed by atoms with E-state index >= 15 is 0 Å². The highest BCUT2D eigenvalue weighted by Gasteiger charge is 2.43. The molecule has 11 atom stereocenters. The Morgan fingerprint density at radius 3 is 2.09 bits per heavy atom. The standard InChI is InChI=1S/C50H85N7O13/c1-11-31(4)43(39(69-9)29-41(61)57-27-17-19-38(57)45(70-10)32(5)46(62)53-37(50(67)68)28-34-21-23-35(59)24-22-34)56(8)48(64)42(30(2)3)54-47(63)44(33(6)58)55(7)26-16-12-13-20-40(60)52-25-15-14-18-36(51)49(65)66/h21-24,30-33,36-39,42-45,58-59H,11-20,25-29,51H2,1-10H3,(H,52,60)(H,53,62)(H,54,63)(H,65,66)(H,67,68)/t31-,32+,33?,36-,37-,38-,39+,42-,43-,44-,45+/m0/s1. The number of ether oxygens (including phenoxy) is 2. The maximum atomic E-state index is 14.5. The van der Waals surface area contributed by atoms with Crippen molar-refractivity contribution < 1.29 is 63.5 Å². The van der Waals surface area contributed by atoms with Crippen molar-refractivity contribution in [2.75, 3.05) is 47.9 Å². The van der Waals surface area contributed by atoms with Crippen LogP contribution < -0.4 is 21.7 Å². The minimum Gasteiger partial charge on any atom is -0.508 e. The van der Waals surface area contributed by atoms with E-state index in [1.54, 1.807) is 47.9 Å². The summed E-state index contributed by atoms with van der Waals surface area (Å²) in [7, 11) is 6.30. The number of likely N-dealkylation sites (N-methyl/N-ethyl adjacent to an activating group) is 2. The molecule has 398 valence electrons. The molecule has 20 heteroatoms. The van der Waals surface area contributed by atoms with Gasteiger partial charge in [-0.15, -0.1) is 0 Å². The van der Waals surface area contributed by atoms with Gasteiger partial charge in [0.1, 0.15) is 29.9 Å². The highest BCUT2D eigenvalue weighted by atomic mass is 16.5. The van der Waals surface area contributed by atoms with Crippen LogP contribution in [0.15, 0.2) is 24.3 Å². The van der Waals surface area contributed by atoms with Crippen molar-refractivity contribution in [1.29, 1.82) is 0 Å². The number of aliphatic hydroxyl groups is 1. The Morgan fingerprint density at radius 2 is 1.53 bits per heavy atom. The number of carbonyl (C=O) groups is 7. The zero-order chi connectivity index (χ0) is 52.8. The van der Waals surface area contributed by atoms with Crippen molar-refractivity contribution in [3.63, 3.8) is 0 Å². The third-order valence-corrected chi connectivity index (χ3v) is 13.7. The normalized spacial score (nSPS) is 18.1. The number of carboxylic acids is 2. The molecule has 70 heavy (non-hydrogen) atoms. The average molecular weight is 992 g/mol. The zero-order valence-corrected chi connectivity index (χ0v) is 43.2. The number of aliphatic carboxylic acids is 2. The van der Waals surface area contributed by atoms with Gasteiger partial charge in [0.05, 0.1) is 42.7 Å². The van der Waals surface area contributed by atoms with Crippen LogP contribution in [0.25, 0.3) is 0 Å². The van der Waals surface area contributed by atoms with Crippen molar-refractivity contribution in [3.8, 4) is 5.75 Å². The van der Waals surface area contributed by atoms with E-state index in [2.05, 4.69) is 16.0 Å². The van der Waals surface area contributed by atoms with Crippen LogP contribution in [0.1, 0.15) is 118 Å². The van der Waals surface area contributed by atoms with E-state index in [0.717, 1.165) is 0 Å². The Balaban J connectivity index is 2.12. The molecule has 5 amide bonds. The van der Waals surface area contributed by atoms with Gasteiger partial charge >= 0.3 is 11.9 Å². The molecule has 20 nitrogen and oxygen atoms in total. The van der Waals surface area contributed by atoms with E-state index in [-0.39, 0.29) is 48.1 Å². The molecule has 9 N–H and O–H groups in total. The number of aliphatic hydroxyl groups excluding tert-OH is 1. The number of nitrogens with one attached hydrogen (secondary N) is 3. The van der Waals surface area contributed by atoms with Gasteiger partial charge in [-0.2, -0.15) is 0 Å². The number of likely N-dealkylation sites (tertiary alicyclic amines) is 1. The smallest absolute Gasteiger partial charge is 0.326 e. The summed E-state index contributed by atoms with van der Waals surface area (Å²) in [6.45, 7) is 12.0. The fraction of sp³-hybridized carbons (Fsp3) is 0.740. The molecule has 0 aromatic heterocycles. The molecule has 1 aromatic carbocycles. The number of phenolic OH excluding ortho intramolecular Hbond substituents is 1. The molecule has 1 aliphatic rings. The Morgan fingerprint density at radius 1 is 0.871 bits per heavy atom. The predicted molar refractivity (Wildman–Crippen MR) is 263 cm³/mol. The topological polar surface area (TPSA) is 291 Å². The van der Waals surface area contributed by atoms with E-state index in [1.165, 1.54) is 33.3 Å². The van der Waals surface area contributed by atoms with Gasteiger partial charge in [-0.25, -0.2) is 4.79 Å². The first-order valence-corrected chi connectivity index (χ1v) is 24.9. The summed E-state index contributed by atoms with van der Waals surface area (Å²) in [5, 5.41) is 47.7. The molecule has 2 rings (SSSR count). The van der Waals surface area contributed by atoms with Crippen LogP contribution in [-0.4, -0.2) is 179 Å². The van der Waals surface area contributed by atoms with Crippen LogP contribution in [0.3, 0.4) is 0 Å². The van der Waals surface area contributed by atoms with Crippen LogP contribution in [-0.2, 0) is 49.5 Å². The molecule has 1 fully saturated rings. The van der Waals surface area contributed by atoms with Crippen LogP contribution in [0, 0.1) is 17.8 Å². The van der Waals surface area contributed by atoms with Crippen LogP contribution >= 0.6 is 0 Å².